The maximum Gasteiger partial charge on any atom is 0.244 e. The molecule has 0 radical (unpaired) electrons. The number of carbonyl (C=O) groups excluding carboxylic acids is 2. The Balaban J connectivity index is 2.55. The Kier molecular flexibility index (Phi) is 2.35. The SMILES string of the molecule is CC(=O)N1CCC1C(=O)N(C)C. The van der Waals surface area contributed by atoms with Crippen molar-refractivity contribution in [3.63, 3.8) is 0 Å². The number of likely N-dealkylation sites (tertiary alicyclic amines) is 1. The van der Waals surface area contributed by atoms with Crippen LogP contribution in [0.15, 0.2) is 0 Å². The highest BCUT2D eigenvalue weighted by molar-refractivity contribution is 5.88. The van der Waals surface area contributed by atoms with E-state index in [2.05, 4.69) is 0 Å². The van der Waals surface area contributed by atoms with Crippen molar-refractivity contribution in [1.29, 1.82) is 0 Å². The molecule has 12 heavy (non-hydrogen) atoms. The zero-order valence-corrected chi connectivity index (χ0v) is 7.70. The molecular weight excluding hydrogens is 156 g/mol. The normalized spacial score (nSPS) is 21.6. The summed E-state index contributed by atoms with van der Waals surface area (Å²) in [6.07, 6.45) is 0.802. The molecule has 1 fully saturated rings. The second kappa shape index (κ2) is 3.13. The molecule has 1 atom stereocenters. The number of likely N-dealkylation sites (N-methyl/N-ethyl adjacent to an activating group) is 1. The van der Waals surface area contributed by atoms with E-state index in [-0.39, 0.29) is 17.9 Å². The van der Waals surface area contributed by atoms with Gasteiger partial charge in [0, 0.05) is 27.6 Å². The predicted molar refractivity (Wildman–Crippen MR) is 44.5 cm³/mol. The average molecular weight is 170 g/mol. The Morgan fingerprint density at radius 3 is 2.25 bits per heavy atom. The molecule has 0 bridgehead atoms. The van der Waals surface area contributed by atoms with E-state index in [1.54, 1.807) is 19.0 Å². The molecule has 0 aromatic heterocycles. The molecule has 0 aromatic carbocycles. The van der Waals surface area contributed by atoms with Crippen LogP contribution in [0.5, 0.6) is 0 Å². The van der Waals surface area contributed by atoms with Crippen molar-refractivity contribution in [2.24, 2.45) is 0 Å². The first-order valence-electron chi connectivity index (χ1n) is 4.02. The van der Waals surface area contributed by atoms with Gasteiger partial charge >= 0.3 is 0 Å². The van der Waals surface area contributed by atoms with Crippen LogP contribution in [0.3, 0.4) is 0 Å². The van der Waals surface area contributed by atoms with Crippen molar-refractivity contribution >= 4 is 11.8 Å². The van der Waals surface area contributed by atoms with Gasteiger partial charge in [-0.3, -0.25) is 9.59 Å². The van der Waals surface area contributed by atoms with E-state index < -0.39 is 0 Å². The lowest BCUT2D eigenvalue weighted by atomic mass is 10.0. The van der Waals surface area contributed by atoms with Crippen molar-refractivity contribution in [3.05, 3.63) is 0 Å². The van der Waals surface area contributed by atoms with Crippen LogP contribution in [0.2, 0.25) is 0 Å². The van der Waals surface area contributed by atoms with Crippen molar-refractivity contribution in [2.45, 2.75) is 19.4 Å². The van der Waals surface area contributed by atoms with Crippen LogP contribution in [0.1, 0.15) is 13.3 Å². The highest BCUT2D eigenvalue weighted by atomic mass is 16.2. The van der Waals surface area contributed by atoms with Gasteiger partial charge in [0.1, 0.15) is 6.04 Å². The lowest BCUT2D eigenvalue weighted by Gasteiger charge is -2.40. The predicted octanol–water partition coefficient (Wildman–Crippen LogP) is -0.305. The molecule has 1 saturated heterocycles. The molecule has 0 spiro atoms. The minimum absolute atomic E-state index is 0.0125. The van der Waals surface area contributed by atoms with E-state index in [9.17, 15) is 9.59 Å². The minimum Gasteiger partial charge on any atom is -0.347 e. The van der Waals surface area contributed by atoms with Gasteiger partial charge in [0.25, 0.3) is 0 Å². The molecule has 1 heterocycles. The quantitative estimate of drug-likeness (QED) is 0.542. The summed E-state index contributed by atoms with van der Waals surface area (Å²) in [7, 11) is 3.41. The van der Waals surface area contributed by atoms with E-state index in [1.165, 1.54) is 11.8 Å². The van der Waals surface area contributed by atoms with E-state index in [0.29, 0.717) is 0 Å². The van der Waals surface area contributed by atoms with E-state index in [4.69, 9.17) is 0 Å². The number of hydrogen-bond acceptors (Lipinski definition) is 2. The summed E-state index contributed by atoms with van der Waals surface area (Å²) in [6.45, 7) is 2.22. The summed E-state index contributed by atoms with van der Waals surface area (Å²) in [6, 6.07) is -0.197. The van der Waals surface area contributed by atoms with Gasteiger partial charge in [0.05, 0.1) is 0 Å². The molecule has 4 nitrogen and oxygen atoms in total. The third-order valence-electron chi connectivity index (χ3n) is 2.15. The topological polar surface area (TPSA) is 40.6 Å². The van der Waals surface area contributed by atoms with Crippen LogP contribution >= 0.6 is 0 Å². The number of hydrogen-bond donors (Lipinski definition) is 0. The Morgan fingerprint density at radius 1 is 1.42 bits per heavy atom. The highest BCUT2D eigenvalue weighted by Crippen LogP contribution is 2.18. The second-order valence-corrected chi connectivity index (χ2v) is 3.25. The molecule has 1 rings (SSSR count). The first-order valence-corrected chi connectivity index (χ1v) is 4.02. The number of nitrogens with zero attached hydrogens (tertiary/aromatic N) is 2. The second-order valence-electron chi connectivity index (χ2n) is 3.25. The number of amides is 2. The summed E-state index contributed by atoms with van der Waals surface area (Å²) < 4.78 is 0. The van der Waals surface area contributed by atoms with Gasteiger partial charge in [-0.1, -0.05) is 0 Å². The lowest BCUT2D eigenvalue weighted by Crippen LogP contribution is -2.57. The molecule has 1 aliphatic rings. The fourth-order valence-electron chi connectivity index (χ4n) is 1.32. The van der Waals surface area contributed by atoms with Gasteiger partial charge in [-0.2, -0.15) is 0 Å². The van der Waals surface area contributed by atoms with E-state index in [0.717, 1.165) is 13.0 Å². The maximum atomic E-state index is 11.4. The van der Waals surface area contributed by atoms with Gasteiger partial charge in [-0.15, -0.1) is 0 Å². The van der Waals surface area contributed by atoms with Crippen molar-refractivity contribution in [3.8, 4) is 0 Å². The third kappa shape index (κ3) is 1.42. The Labute approximate surface area is 72.1 Å². The fourth-order valence-corrected chi connectivity index (χ4v) is 1.32. The van der Waals surface area contributed by atoms with Crippen LogP contribution < -0.4 is 0 Å². The molecule has 0 N–H and O–H groups in total. The fraction of sp³-hybridized carbons (Fsp3) is 0.750. The van der Waals surface area contributed by atoms with Gasteiger partial charge in [0.15, 0.2) is 0 Å². The monoisotopic (exact) mass is 170 g/mol. The minimum atomic E-state index is -0.197. The summed E-state index contributed by atoms with van der Waals surface area (Å²) in [5.41, 5.74) is 0. The molecule has 2 amide bonds. The number of rotatable bonds is 1. The Hall–Kier alpha value is -1.06. The molecule has 1 unspecified atom stereocenters. The third-order valence-corrected chi connectivity index (χ3v) is 2.15. The van der Waals surface area contributed by atoms with Crippen LogP contribution in [-0.2, 0) is 9.59 Å². The van der Waals surface area contributed by atoms with Crippen LogP contribution in [0, 0.1) is 0 Å². The number of carbonyl (C=O) groups is 2. The van der Waals surface area contributed by atoms with Crippen LogP contribution in [-0.4, -0.2) is 48.3 Å². The van der Waals surface area contributed by atoms with Crippen LogP contribution in [0.25, 0.3) is 0 Å². The zero-order valence-electron chi connectivity index (χ0n) is 7.70. The molecule has 0 aliphatic carbocycles. The summed E-state index contributed by atoms with van der Waals surface area (Å²) in [5, 5.41) is 0. The first kappa shape index (κ1) is 9.03. The maximum absolute atomic E-state index is 11.4. The lowest BCUT2D eigenvalue weighted by molar-refractivity contribution is -0.150. The van der Waals surface area contributed by atoms with Crippen LogP contribution in [0.4, 0.5) is 0 Å². The largest absolute Gasteiger partial charge is 0.347 e. The molecule has 0 saturated carbocycles. The zero-order chi connectivity index (χ0) is 9.30. The van der Waals surface area contributed by atoms with Gasteiger partial charge in [0.2, 0.25) is 11.8 Å². The molecule has 68 valence electrons. The molecule has 1 aliphatic heterocycles. The van der Waals surface area contributed by atoms with E-state index >= 15 is 0 Å². The van der Waals surface area contributed by atoms with Crippen molar-refractivity contribution in [2.75, 3.05) is 20.6 Å². The van der Waals surface area contributed by atoms with Gasteiger partial charge in [-0.25, -0.2) is 0 Å². The van der Waals surface area contributed by atoms with Gasteiger partial charge in [-0.05, 0) is 6.42 Å². The van der Waals surface area contributed by atoms with Gasteiger partial charge < -0.3 is 9.80 Å². The average Bonchev–Trinajstić information content (AvgIpc) is 1.82. The molecular formula is C8H14N2O2. The first-order chi connectivity index (χ1) is 5.54. The standard InChI is InChI=1S/C8H14N2O2/c1-6(11)10-5-4-7(10)8(12)9(2)3/h7H,4-5H2,1-3H3. The van der Waals surface area contributed by atoms with Crippen molar-refractivity contribution in [1.82, 2.24) is 9.80 Å². The molecule has 0 aromatic rings. The van der Waals surface area contributed by atoms with Crippen molar-refractivity contribution < 1.29 is 9.59 Å². The summed E-state index contributed by atoms with van der Waals surface area (Å²) in [5.74, 6) is 0.0119. The highest BCUT2D eigenvalue weighted by Gasteiger charge is 2.36. The Morgan fingerprint density at radius 2 is 2.00 bits per heavy atom. The summed E-state index contributed by atoms with van der Waals surface area (Å²) in [4.78, 5) is 25.4. The molecule has 4 heteroatoms. The Bertz CT molecular complexity index is 213. The smallest absolute Gasteiger partial charge is 0.244 e. The van der Waals surface area contributed by atoms with E-state index in [1.807, 2.05) is 0 Å². The summed E-state index contributed by atoms with van der Waals surface area (Å²) >= 11 is 0.